The molecule has 1 aliphatic heterocycles. The third kappa shape index (κ3) is 2.52. The van der Waals surface area contributed by atoms with E-state index in [9.17, 15) is 8.42 Å². The zero-order valence-corrected chi connectivity index (χ0v) is 11.7. The highest BCUT2D eigenvalue weighted by Gasteiger charge is 2.21. The molecule has 2 N–H and O–H groups in total. The van der Waals surface area contributed by atoms with E-state index in [-0.39, 0.29) is 4.90 Å². The second kappa shape index (κ2) is 4.88. The van der Waals surface area contributed by atoms with Crippen LogP contribution in [-0.2, 0) is 23.0 Å². The van der Waals surface area contributed by atoms with Gasteiger partial charge >= 0.3 is 0 Å². The predicted octanol–water partition coefficient (Wildman–Crippen LogP) is 1.29. The van der Waals surface area contributed by atoms with Crippen LogP contribution in [-0.4, -0.2) is 19.9 Å². The van der Waals surface area contributed by atoms with Crippen molar-refractivity contribution in [2.45, 2.75) is 17.9 Å². The number of aromatic nitrogens is 1. The summed E-state index contributed by atoms with van der Waals surface area (Å²) in [7, 11) is -3.66. The van der Waals surface area contributed by atoms with Crippen LogP contribution in [0.5, 0.6) is 0 Å². The average Bonchev–Trinajstić information content (AvgIpc) is 2.82. The van der Waals surface area contributed by atoms with Crippen LogP contribution in [0.4, 0.5) is 5.69 Å². The first kappa shape index (κ1) is 13.1. The number of fused-ring (bicyclic) bond motifs is 1. The normalized spacial score (nSPS) is 14.3. The first-order valence-corrected chi connectivity index (χ1v) is 7.89. The van der Waals surface area contributed by atoms with Gasteiger partial charge in [0.15, 0.2) is 0 Å². The number of rotatable bonds is 3. The minimum absolute atomic E-state index is 0.157. The third-order valence-electron chi connectivity index (χ3n) is 3.46. The summed E-state index contributed by atoms with van der Waals surface area (Å²) in [4.78, 5) is 6.59. The number of sulfonamides is 1. The number of nitrogens with zero attached hydrogens (tertiary/aromatic N) is 2. The van der Waals surface area contributed by atoms with Gasteiger partial charge in [0.25, 0.3) is 0 Å². The van der Waals surface area contributed by atoms with Crippen molar-refractivity contribution in [3.63, 3.8) is 0 Å². The molecule has 1 aromatic carbocycles. The third-order valence-corrected chi connectivity index (χ3v) is 4.37. The van der Waals surface area contributed by atoms with Crippen molar-refractivity contribution in [2.24, 2.45) is 5.14 Å². The predicted molar refractivity (Wildman–Crippen MR) is 76.8 cm³/mol. The van der Waals surface area contributed by atoms with Crippen LogP contribution < -0.4 is 10.0 Å². The lowest BCUT2D eigenvalue weighted by Crippen LogP contribution is -2.21. The Morgan fingerprint density at radius 3 is 2.80 bits per heavy atom. The summed E-state index contributed by atoms with van der Waals surface area (Å²) >= 11 is 0. The minimum Gasteiger partial charge on any atom is -0.365 e. The number of hydrogen-bond donors (Lipinski definition) is 1. The van der Waals surface area contributed by atoms with Crippen molar-refractivity contribution in [1.82, 2.24) is 4.98 Å². The Kier molecular flexibility index (Phi) is 3.19. The highest BCUT2D eigenvalue weighted by Crippen LogP contribution is 2.31. The van der Waals surface area contributed by atoms with Gasteiger partial charge in [0.2, 0.25) is 10.0 Å². The second-order valence-corrected chi connectivity index (χ2v) is 6.39. The lowest BCUT2D eigenvalue weighted by atomic mass is 10.2. The SMILES string of the molecule is NS(=O)(=O)c1ccc2c(c1)N(Cc1ccccn1)CC2. The molecule has 20 heavy (non-hydrogen) atoms. The van der Waals surface area contributed by atoms with Gasteiger partial charge in [-0.2, -0.15) is 0 Å². The van der Waals surface area contributed by atoms with E-state index in [1.165, 1.54) is 0 Å². The molecular weight excluding hydrogens is 274 g/mol. The van der Waals surface area contributed by atoms with E-state index >= 15 is 0 Å². The molecule has 104 valence electrons. The maximum absolute atomic E-state index is 11.4. The van der Waals surface area contributed by atoms with E-state index in [1.54, 1.807) is 18.3 Å². The molecule has 0 saturated carbocycles. The van der Waals surface area contributed by atoms with Gasteiger partial charge in [-0.1, -0.05) is 12.1 Å². The first-order chi connectivity index (χ1) is 9.54. The minimum atomic E-state index is -3.66. The van der Waals surface area contributed by atoms with Gasteiger partial charge in [-0.15, -0.1) is 0 Å². The number of hydrogen-bond acceptors (Lipinski definition) is 4. The maximum Gasteiger partial charge on any atom is 0.238 e. The summed E-state index contributed by atoms with van der Waals surface area (Å²) < 4.78 is 22.9. The van der Waals surface area contributed by atoms with E-state index in [2.05, 4.69) is 9.88 Å². The molecule has 5 nitrogen and oxygen atoms in total. The van der Waals surface area contributed by atoms with Gasteiger partial charge in [-0.25, -0.2) is 13.6 Å². The van der Waals surface area contributed by atoms with Crippen LogP contribution in [0.1, 0.15) is 11.3 Å². The molecule has 0 aliphatic carbocycles. The lowest BCUT2D eigenvalue weighted by molar-refractivity contribution is 0.598. The Hall–Kier alpha value is -1.92. The highest BCUT2D eigenvalue weighted by atomic mass is 32.2. The summed E-state index contributed by atoms with van der Waals surface area (Å²) in [5.41, 5.74) is 3.04. The molecule has 2 heterocycles. The molecule has 1 aromatic heterocycles. The fourth-order valence-electron chi connectivity index (χ4n) is 2.45. The monoisotopic (exact) mass is 289 g/mol. The highest BCUT2D eigenvalue weighted by molar-refractivity contribution is 7.89. The Morgan fingerprint density at radius 1 is 1.25 bits per heavy atom. The molecule has 0 fully saturated rings. The Morgan fingerprint density at radius 2 is 2.10 bits per heavy atom. The van der Waals surface area contributed by atoms with Crippen LogP contribution in [0.2, 0.25) is 0 Å². The smallest absolute Gasteiger partial charge is 0.238 e. The summed E-state index contributed by atoms with van der Waals surface area (Å²) in [5.74, 6) is 0. The number of pyridine rings is 1. The van der Waals surface area contributed by atoms with Crippen LogP contribution in [0, 0.1) is 0 Å². The van der Waals surface area contributed by atoms with E-state index in [4.69, 9.17) is 5.14 Å². The van der Waals surface area contributed by atoms with Crippen molar-refractivity contribution in [2.75, 3.05) is 11.4 Å². The van der Waals surface area contributed by atoms with Crippen molar-refractivity contribution in [1.29, 1.82) is 0 Å². The molecule has 6 heteroatoms. The van der Waals surface area contributed by atoms with Crippen LogP contribution in [0.3, 0.4) is 0 Å². The number of primary sulfonamides is 1. The molecule has 3 rings (SSSR count). The van der Waals surface area contributed by atoms with Crippen LogP contribution in [0.25, 0.3) is 0 Å². The largest absolute Gasteiger partial charge is 0.365 e. The molecule has 0 radical (unpaired) electrons. The van der Waals surface area contributed by atoms with Gasteiger partial charge in [0.1, 0.15) is 0 Å². The number of benzene rings is 1. The van der Waals surface area contributed by atoms with Gasteiger partial charge in [-0.05, 0) is 36.2 Å². The second-order valence-electron chi connectivity index (χ2n) is 4.83. The van der Waals surface area contributed by atoms with Crippen molar-refractivity contribution in [3.8, 4) is 0 Å². The van der Waals surface area contributed by atoms with Gasteiger partial charge in [-0.3, -0.25) is 4.98 Å². The van der Waals surface area contributed by atoms with Crippen LogP contribution >= 0.6 is 0 Å². The molecule has 0 unspecified atom stereocenters. The average molecular weight is 289 g/mol. The fourth-order valence-corrected chi connectivity index (χ4v) is 2.99. The molecule has 0 atom stereocenters. The first-order valence-electron chi connectivity index (χ1n) is 6.34. The van der Waals surface area contributed by atoms with Gasteiger partial charge in [0.05, 0.1) is 17.1 Å². The van der Waals surface area contributed by atoms with E-state index in [0.717, 1.165) is 29.9 Å². The van der Waals surface area contributed by atoms with Gasteiger partial charge < -0.3 is 4.90 Å². The van der Waals surface area contributed by atoms with E-state index < -0.39 is 10.0 Å². The lowest BCUT2D eigenvalue weighted by Gasteiger charge is -2.19. The zero-order valence-electron chi connectivity index (χ0n) is 10.9. The Labute approximate surface area is 118 Å². The summed E-state index contributed by atoms with van der Waals surface area (Å²) in [5, 5.41) is 5.19. The standard InChI is InChI=1S/C14H15N3O2S/c15-20(18,19)13-5-4-11-6-8-17(14(11)9-13)10-12-3-1-2-7-16-12/h1-5,7,9H,6,8,10H2,(H2,15,18,19). The Balaban J connectivity index is 1.93. The molecule has 0 saturated heterocycles. The Bertz CT molecular complexity index is 729. The van der Waals surface area contributed by atoms with Crippen molar-refractivity contribution < 1.29 is 8.42 Å². The molecule has 0 spiro atoms. The topological polar surface area (TPSA) is 76.3 Å². The molecule has 2 aromatic rings. The number of nitrogens with two attached hydrogens (primary N) is 1. The van der Waals surface area contributed by atoms with Gasteiger partial charge in [0, 0.05) is 18.4 Å². The fraction of sp³-hybridized carbons (Fsp3) is 0.214. The zero-order chi connectivity index (χ0) is 14.2. The molecule has 0 bridgehead atoms. The summed E-state index contributed by atoms with van der Waals surface area (Å²) in [6.45, 7) is 1.53. The molecule has 0 amide bonds. The quantitative estimate of drug-likeness (QED) is 0.923. The molecule has 1 aliphatic rings. The van der Waals surface area contributed by atoms with E-state index in [1.807, 2.05) is 24.3 Å². The van der Waals surface area contributed by atoms with Crippen LogP contribution in [0.15, 0.2) is 47.5 Å². The van der Waals surface area contributed by atoms with E-state index in [0.29, 0.717) is 6.54 Å². The van der Waals surface area contributed by atoms with Crippen molar-refractivity contribution >= 4 is 15.7 Å². The molecular formula is C14H15N3O2S. The summed E-state index contributed by atoms with van der Waals surface area (Å²) in [6, 6.07) is 10.8. The summed E-state index contributed by atoms with van der Waals surface area (Å²) in [6.07, 6.45) is 2.67. The maximum atomic E-state index is 11.4. The van der Waals surface area contributed by atoms with Crippen molar-refractivity contribution in [3.05, 3.63) is 53.9 Å². The number of anilines is 1.